The first-order chi connectivity index (χ1) is 13.2. The van der Waals surface area contributed by atoms with Gasteiger partial charge in [-0.05, 0) is 42.8 Å². The monoisotopic (exact) mass is 364 g/mol. The minimum Gasteiger partial charge on any atom is -0.497 e. The summed E-state index contributed by atoms with van der Waals surface area (Å²) in [5.74, 6) is 1.66. The van der Waals surface area contributed by atoms with Gasteiger partial charge in [-0.25, -0.2) is 0 Å². The predicted octanol–water partition coefficient (Wildman–Crippen LogP) is 4.18. The van der Waals surface area contributed by atoms with Gasteiger partial charge in [-0.3, -0.25) is 4.79 Å². The smallest absolute Gasteiger partial charge is 0.262 e. The quantitative estimate of drug-likeness (QED) is 0.681. The van der Waals surface area contributed by atoms with E-state index >= 15 is 0 Å². The molecule has 1 N–H and O–H groups in total. The molecule has 3 rings (SSSR count). The number of nitrogens with zero attached hydrogens (tertiary/aromatic N) is 1. The van der Waals surface area contributed by atoms with Crippen LogP contribution in [-0.4, -0.2) is 24.8 Å². The molecule has 0 saturated heterocycles. The Morgan fingerprint density at radius 2 is 1.81 bits per heavy atom. The fourth-order valence-electron chi connectivity index (χ4n) is 2.39. The summed E-state index contributed by atoms with van der Waals surface area (Å²) in [4.78, 5) is 12.2. The third-order valence-corrected chi connectivity index (χ3v) is 3.82. The molecule has 1 heterocycles. The number of hydrogen-bond donors (Lipinski definition) is 1. The van der Waals surface area contributed by atoms with E-state index in [0.717, 1.165) is 11.3 Å². The van der Waals surface area contributed by atoms with Gasteiger partial charge >= 0.3 is 0 Å². The second kappa shape index (κ2) is 8.71. The van der Waals surface area contributed by atoms with E-state index in [0.29, 0.717) is 22.9 Å². The first-order valence-corrected chi connectivity index (χ1v) is 8.42. The zero-order chi connectivity index (χ0) is 19.1. The number of methoxy groups -OCH3 is 1. The molecule has 6 nitrogen and oxygen atoms in total. The van der Waals surface area contributed by atoms with E-state index in [9.17, 15) is 4.79 Å². The van der Waals surface area contributed by atoms with Crippen LogP contribution in [-0.2, 0) is 4.79 Å². The molecule has 0 fully saturated rings. The third kappa shape index (κ3) is 4.98. The normalized spacial score (nSPS) is 10.7. The topological polar surface area (TPSA) is 73.6 Å². The van der Waals surface area contributed by atoms with Crippen molar-refractivity contribution >= 4 is 23.7 Å². The summed E-state index contributed by atoms with van der Waals surface area (Å²) in [5.41, 5.74) is 2.04. The number of aromatic nitrogens is 1. The Kier molecular flexibility index (Phi) is 5.89. The Morgan fingerprint density at radius 3 is 2.52 bits per heavy atom. The van der Waals surface area contributed by atoms with Crippen LogP contribution in [0.1, 0.15) is 17.0 Å². The first-order valence-electron chi connectivity index (χ1n) is 8.42. The van der Waals surface area contributed by atoms with Crippen LogP contribution >= 0.6 is 0 Å². The second-order valence-electron chi connectivity index (χ2n) is 5.76. The van der Waals surface area contributed by atoms with E-state index in [1.54, 1.807) is 32.2 Å². The summed E-state index contributed by atoms with van der Waals surface area (Å²) < 4.78 is 15.8. The lowest BCUT2D eigenvalue weighted by Crippen LogP contribution is -2.20. The highest BCUT2D eigenvalue weighted by molar-refractivity contribution is 5.94. The van der Waals surface area contributed by atoms with E-state index < -0.39 is 0 Å². The van der Waals surface area contributed by atoms with E-state index in [1.165, 1.54) is 0 Å². The van der Waals surface area contributed by atoms with Crippen LogP contribution in [0.4, 0.5) is 5.69 Å². The van der Waals surface area contributed by atoms with Crippen molar-refractivity contribution in [1.82, 2.24) is 5.16 Å². The molecular weight excluding hydrogens is 344 g/mol. The third-order valence-electron chi connectivity index (χ3n) is 3.82. The van der Waals surface area contributed by atoms with Gasteiger partial charge in [0.15, 0.2) is 12.4 Å². The van der Waals surface area contributed by atoms with Crippen LogP contribution in [0.15, 0.2) is 59.1 Å². The highest BCUT2D eigenvalue weighted by Gasteiger charge is 2.14. The predicted molar refractivity (Wildman–Crippen MR) is 104 cm³/mol. The van der Waals surface area contributed by atoms with Crippen molar-refractivity contribution in [3.63, 3.8) is 0 Å². The van der Waals surface area contributed by atoms with Gasteiger partial charge in [0.25, 0.3) is 5.91 Å². The SMILES string of the molecule is COc1ccc(/C=C/c2noc(C)c2NC(=O)COc2ccccc2)cc1. The zero-order valence-electron chi connectivity index (χ0n) is 15.1. The molecule has 3 aromatic rings. The first kappa shape index (κ1) is 18.3. The second-order valence-corrected chi connectivity index (χ2v) is 5.76. The lowest BCUT2D eigenvalue weighted by molar-refractivity contribution is -0.118. The molecule has 0 spiro atoms. The largest absolute Gasteiger partial charge is 0.497 e. The summed E-state index contributed by atoms with van der Waals surface area (Å²) in [6.45, 7) is 1.64. The molecule has 6 heteroatoms. The standard InChI is InChI=1S/C21H20N2O4/c1-15-21(22-20(24)14-26-18-6-4-3-5-7-18)19(23-27-15)13-10-16-8-11-17(25-2)12-9-16/h3-13H,14H2,1-2H3,(H,22,24)/b13-10+. The van der Waals surface area contributed by atoms with Gasteiger partial charge in [0.2, 0.25) is 0 Å². The maximum atomic E-state index is 12.2. The van der Waals surface area contributed by atoms with Crippen molar-refractivity contribution in [2.75, 3.05) is 19.0 Å². The Labute approximate surface area is 157 Å². The van der Waals surface area contributed by atoms with Gasteiger partial charge in [0.05, 0.1) is 7.11 Å². The molecular formula is C21H20N2O4. The number of hydrogen-bond acceptors (Lipinski definition) is 5. The fourth-order valence-corrected chi connectivity index (χ4v) is 2.39. The van der Waals surface area contributed by atoms with Crippen LogP contribution in [0.2, 0.25) is 0 Å². The molecule has 0 atom stereocenters. The van der Waals surface area contributed by atoms with Crippen LogP contribution in [0.5, 0.6) is 11.5 Å². The van der Waals surface area contributed by atoms with E-state index in [2.05, 4.69) is 10.5 Å². The number of amides is 1. The van der Waals surface area contributed by atoms with Crippen LogP contribution in [0.3, 0.4) is 0 Å². The van der Waals surface area contributed by atoms with E-state index in [4.69, 9.17) is 14.0 Å². The number of carbonyl (C=O) groups is 1. The average molecular weight is 364 g/mol. The van der Waals surface area contributed by atoms with Crippen molar-refractivity contribution in [3.05, 3.63) is 71.6 Å². The Hall–Kier alpha value is -3.54. The van der Waals surface area contributed by atoms with Gasteiger partial charge in [0.1, 0.15) is 22.9 Å². The highest BCUT2D eigenvalue weighted by atomic mass is 16.5. The van der Waals surface area contributed by atoms with Crippen LogP contribution in [0.25, 0.3) is 12.2 Å². The zero-order valence-corrected chi connectivity index (χ0v) is 15.1. The Bertz CT molecular complexity index is 915. The molecule has 0 radical (unpaired) electrons. The fraction of sp³-hybridized carbons (Fsp3) is 0.143. The van der Waals surface area contributed by atoms with Crippen molar-refractivity contribution in [3.8, 4) is 11.5 Å². The molecule has 0 aliphatic carbocycles. The van der Waals surface area contributed by atoms with Crippen LogP contribution in [0, 0.1) is 6.92 Å². The summed E-state index contributed by atoms with van der Waals surface area (Å²) >= 11 is 0. The Balaban J connectivity index is 1.64. The van der Waals surface area contributed by atoms with Gasteiger partial charge in [0, 0.05) is 0 Å². The van der Waals surface area contributed by atoms with Gasteiger partial charge in [-0.1, -0.05) is 41.6 Å². The maximum Gasteiger partial charge on any atom is 0.262 e. The van der Waals surface area contributed by atoms with E-state index in [-0.39, 0.29) is 12.5 Å². The molecule has 1 amide bonds. The number of nitrogens with one attached hydrogen (secondary N) is 1. The number of rotatable bonds is 7. The summed E-state index contributed by atoms with van der Waals surface area (Å²) in [7, 11) is 1.62. The number of benzene rings is 2. The number of anilines is 1. The lowest BCUT2D eigenvalue weighted by Gasteiger charge is -2.07. The van der Waals surface area contributed by atoms with Gasteiger partial charge < -0.3 is 19.3 Å². The van der Waals surface area contributed by atoms with Gasteiger partial charge in [-0.15, -0.1) is 0 Å². The number of aryl methyl sites for hydroxylation is 1. The summed E-state index contributed by atoms with van der Waals surface area (Å²) in [6, 6.07) is 16.8. The average Bonchev–Trinajstić information content (AvgIpc) is 3.05. The van der Waals surface area contributed by atoms with Gasteiger partial charge in [-0.2, -0.15) is 0 Å². The molecule has 0 unspecified atom stereocenters. The van der Waals surface area contributed by atoms with E-state index in [1.807, 2.05) is 48.5 Å². The molecule has 0 aliphatic heterocycles. The van der Waals surface area contributed by atoms with Crippen molar-refractivity contribution < 1.29 is 18.8 Å². The Morgan fingerprint density at radius 1 is 1.07 bits per heavy atom. The summed E-state index contributed by atoms with van der Waals surface area (Å²) in [6.07, 6.45) is 3.67. The molecule has 0 aliphatic rings. The minimum atomic E-state index is -0.288. The molecule has 2 aromatic carbocycles. The molecule has 0 bridgehead atoms. The summed E-state index contributed by atoms with van der Waals surface area (Å²) in [5, 5.41) is 6.79. The molecule has 0 saturated carbocycles. The molecule has 27 heavy (non-hydrogen) atoms. The van der Waals surface area contributed by atoms with Crippen molar-refractivity contribution in [2.24, 2.45) is 0 Å². The van der Waals surface area contributed by atoms with Crippen molar-refractivity contribution in [2.45, 2.75) is 6.92 Å². The minimum absolute atomic E-state index is 0.101. The number of carbonyl (C=O) groups excluding carboxylic acids is 1. The lowest BCUT2D eigenvalue weighted by atomic mass is 10.2. The van der Waals surface area contributed by atoms with Crippen molar-refractivity contribution in [1.29, 1.82) is 0 Å². The maximum absolute atomic E-state index is 12.2. The highest BCUT2D eigenvalue weighted by Crippen LogP contribution is 2.22. The molecule has 1 aromatic heterocycles. The number of para-hydroxylation sites is 1. The number of ether oxygens (including phenoxy) is 2. The van der Waals surface area contributed by atoms with Crippen LogP contribution < -0.4 is 14.8 Å². The molecule has 138 valence electrons.